The van der Waals surface area contributed by atoms with Crippen LogP contribution in [0, 0.1) is 17.5 Å². The zero-order valence-corrected chi connectivity index (χ0v) is 8.01. The maximum absolute atomic E-state index is 13.0. The summed E-state index contributed by atoms with van der Waals surface area (Å²) in [6.45, 7) is -0.0495. The van der Waals surface area contributed by atoms with Gasteiger partial charge in [0.2, 0.25) is 0 Å². The fraction of sp³-hybridized carbons (Fsp3) is 0.100. The van der Waals surface area contributed by atoms with Crippen LogP contribution in [0.1, 0.15) is 0 Å². The summed E-state index contributed by atoms with van der Waals surface area (Å²) >= 11 is 0. The van der Waals surface area contributed by atoms with Gasteiger partial charge in [0.25, 0.3) is 0 Å². The highest BCUT2D eigenvalue weighted by Crippen LogP contribution is 2.18. The third-order valence-electron chi connectivity index (χ3n) is 1.66. The van der Waals surface area contributed by atoms with Crippen molar-refractivity contribution < 1.29 is 23.1 Å². The Morgan fingerprint density at radius 1 is 1.38 bits per heavy atom. The van der Waals surface area contributed by atoms with E-state index in [1.165, 1.54) is 6.08 Å². The molecule has 0 saturated carbocycles. The molecule has 86 valence electrons. The number of carboxylic acids is 1. The van der Waals surface area contributed by atoms with Gasteiger partial charge in [0, 0.05) is 24.8 Å². The van der Waals surface area contributed by atoms with Crippen LogP contribution in [0.3, 0.4) is 0 Å². The first kappa shape index (κ1) is 12.1. The summed E-state index contributed by atoms with van der Waals surface area (Å²) in [6, 6.07) is 1.21. The van der Waals surface area contributed by atoms with E-state index in [9.17, 15) is 18.0 Å². The third kappa shape index (κ3) is 3.30. The topological polar surface area (TPSA) is 49.3 Å². The van der Waals surface area contributed by atoms with Gasteiger partial charge in [-0.05, 0) is 0 Å². The van der Waals surface area contributed by atoms with Gasteiger partial charge < -0.3 is 10.4 Å². The summed E-state index contributed by atoms with van der Waals surface area (Å²) in [5, 5.41) is 10.6. The van der Waals surface area contributed by atoms with Crippen LogP contribution in [0.5, 0.6) is 0 Å². The van der Waals surface area contributed by atoms with Gasteiger partial charge in [-0.2, -0.15) is 0 Å². The van der Waals surface area contributed by atoms with E-state index in [-0.39, 0.29) is 12.2 Å². The van der Waals surface area contributed by atoms with Crippen molar-refractivity contribution in [1.29, 1.82) is 0 Å². The molecule has 1 aromatic carbocycles. The molecule has 0 unspecified atom stereocenters. The largest absolute Gasteiger partial charge is 0.478 e. The van der Waals surface area contributed by atoms with Gasteiger partial charge in [-0.1, -0.05) is 6.08 Å². The van der Waals surface area contributed by atoms with Crippen molar-refractivity contribution in [3.63, 3.8) is 0 Å². The molecule has 6 heteroatoms. The average molecular weight is 231 g/mol. The highest BCUT2D eigenvalue weighted by Gasteiger charge is 2.09. The van der Waals surface area contributed by atoms with Gasteiger partial charge in [0.1, 0.15) is 5.82 Å². The van der Waals surface area contributed by atoms with E-state index in [2.05, 4.69) is 5.32 Å². The molecule has 0 aliphatic carbocycles. The number of anilines is 1. The van der Waals surface area contributed by atoms with Crippen molar-refractivity contribution in [3.05, 3.63) is 41.7 Å². The van der Waals surface area contributed by atoms with Gasteiger partial charge in [-0.25, -0.2) is 18.0 Å². The Morgan fingerprint density at radius 2 is 2.06 bits per heavy atom. The maximum Gasteiger partial charge on any atom is 0.328 e. The number of rotatable bonds is 4. The molecule has 0 bridgehead atoms. The number of aliphatic carboxylic acids is 1. The van der Waals surface area contributed by atoms with Gasteiger partial charge >= 0.3 is 5.97 Å². The minimum Gasteiger partial charge on any atom is -0.478 e. The van der Waals surface area contributed by atoms with E-state index in [0.29, 0.717) is 6.07 Å². The van der Waals surface area contributed by atoms with Gasteiger partial charge in [0.05, 0.1) is 5.69 Å². The second-order valence-corrected chi connectivity index (χ2v) is 2.87. The van der Waals surface area contributed by atoms with Gasteiger partial charge in [0.15, 0.2) is 11.6 Å². The lowest BCUT2D eigenvalue weighted by atomic mass is 10.3. The zero-order chi connectivity index (χ0) is 12.1. The van der Waals surface area contributed by atoms with Crippen LogP contribution in [0.25, 0.3) is 0 Å². The van der Waals surface area contributed by atoms with Gasteiger partial charge in [-0.3, -0.25) is 0 Å². The van der Waals surface area contributed by atoms with E-state index >= 15 is 0 Å². The van der Waals surface area contributed by atoms with Crippen LogP contribution in [-0.4, -0.2) is 17.6 Å². The Labute approximate surface area is 89.2 Å². The molecule has 0 heterocycles. The number of nitrogens with one attached hydrogen (secondary N) is 1. The Kier molecular flexibility index (Phi) is 3.93. The van der Waals surface area contributed by atoms with E-state index in [1.807, 2.05) is 0 Å². The predicted octanol–water partition coefficient (Wildman–Crippen LogP) is 2.16. The Bertz CT molecular complexity index is 432. The van der Waals surface area contributed by atoms with Crippen molar-refractivity contribution >= 4 is 11.7 Å². The van der Waals surface area contributed by atoms with Crippen LogP contribution < -0.4 is 5.32 Å². The molecule has 1 aromatic rings. The molecule has 0 aromatic heterocycles. The van der Waals surface area contributed by atoms with Crippen molar-refractivity contribution in [2.45, 2.75) is 0 Å². The number of benzene rings is 1. The molecular weight excluding hydrogens is 223 g/mol. The van der Waals surface area contributed by atoms with Crippen LogP contribution >= 0.6 is 0 Å². The van der Waals surface area contributed by atoms with Crippen LogP contribution in [0.4, 0.5) is 18.9 Å². The van der Waals surface area contributed by atoms with E-state index in [0.717, 1.165) is 12.1 Å². The van der Waals surface area contributed by atoms with Crippen molar-refractivity contribution in [1.82, 2.24) is 0 Å². The van der Waals surface area contributed by atoms with E-state index in [1.54, 1.807) is 0 Å². The summed E-state index contributed by atoms with van der Waals surface area (Å²) in [4.78, 5) is 10.1. The van der Waals surface area contributed by atoms with Crippen molar-refractivity contribution in [2.24, 2.45) is 0 Å². The second kappa shape index (κ2) is 5.20. The fourth-order valence-electron chi connectivity index (χ4n) is 1.01. The first-order valence-corrected chi connectivity index (χ1v) is 4.28. The minimum atomic E-state index is -1.30. The Hall–Kier alpha value is -1.98. The van der Waals surface area contributed by atoms with Crippen LogP contribution in [0.15, 0.2) is 24.3 Å². The summed E-state index contributed by atoms with van der Waals surface area (Å²) in [5.74, 6) is -4.58. The number of carboxylic acid groups (broad SMARTS) is 1. The van der Waals surface area contributed by atoms with E-state index in [4.69, 9.17) is 5.11 Å². The second-order valence-electron chi connectivity index (χ2n) is 2.87. The zero-order valence-electron chi connectivity index (χ0n) is 8.01. The first-order chi connectivity index (χ1) is 7.50. The molecule has 0 saturated heterocycles. The number of hydrogen-bond donors (Lipinski definition) is 2. The Morgan fingerprint density at radius 3 is 2.69 bits per heavy atom. The smallest absolute Gasteiger partial charge is 0.328 e. The molecule has 0 radical (unpaired) electrons. The molecule has 1 rings (SSSR count). The van der Waals surface area contributed by atoms with Crippen molar-refractivity contribution in [3.8, 4) is 0 Å². The SMILES string of the molecule is O=C(O)/C=C/CNc1cc(F)cc(F)c1F. The lowest BCUT2D eigenvalue weighted by Crippen LogP contribution is -2.03. The molecule has 2 N–H and O–H groups in total. The summed E-state index contributed by atoms with van der Waals surface area (Å²) in [7, 11) is 0. The van der Waals surface area contributed by atoms with Gasteiger partial charge in [-0.15, -0.1) is 0 Å². The maximum atomic E-state index is 13.0. The molecule has 16 heavy (non-hydrogen) atoms. The molecule has 0 aliphatic rings. The summed E-state index contributed by atoms with van der Waals surface area (Å²) in [6.07, 6.45) is 2.02. The molecule has 0 aliphatic heterocycles. The molecule has 0 fully saturated rings. The predicted molar refractivity (Wildman–Crippen MR) is 51.6 cm³/mol. The number of halogens is 3. The summed E-state index contributed by atoms with van der Waals surface area (Å²) in [5.41, 5.74) is -0.354. The minimum absolute atomic E-state index is 0.0495. The fourth-order valence-corrected chi connectivity index (χ4v) is 1.01. The molecule has 3 nitrogen and oxygen atoms in total. The average Bonchev–Trinajstić information content (AvgIpc) is 2.19. The van der Waals surface area contributed by atoms with Crippen LogP contribution in [0.2, 0.25) is 0 Å². The number of hydrogen-bond acceptors (Lipinski definition) is 2. The van der Waals surface area contributed by atoms with Crippen LogP contribution in [-0.2, 0) is 4.79 Å². The quantitative estimate of drug-likeness (QED) is 0.616. The highest BCUT2D eigenvalue weighted by molar-refractivity contribution is 5.79. The molecule has 0 spiro atoms. The molecule has 0 amide bonds. The third-order valence-corrected chi connectivity index (χ3v) is 1.66. The summed E-state index contributed by atoms with van der Waals surface area (Å²) < 4.78 is 38.4. The standard InChI is InChI=1S/C10H8F3NO2/c11-6-4-7(12)10(13)8(5-6)14-3-1-2-9(15)16/h1-2,4-5,14H,3H2,(H,15,16)/b2-1+. The highest BCUT2D eigenvalue weighted by atomic mass is 19.2. The van der Waals surface area contributed by atoms with Crippen molar-refractivity contribution in [2.75, 3.05) is 11.9 Å². The monoisotopic (exact) mass is 231 g/mol. The lowest BCUT2D eigenvalue weighted by Gasteiger charge is -2.05. The normalized spacial score (nSPS) is 10.7. The number of carbonyl (C=O) groups is 1. The molecule has 0 atom stereocenters. The van der Waals surface area contributed by atoms with E-state index < -0.39 is 23.4 Å². The lowest BCUT2D eigenvalue weighted by molar-refractivity contribution is -0.131. The first-order valence-electron chi connectivity index (χ1n) is 4.28. The molecular formula is C10H8F3NO2. The Balaban J connectivity index is 2.70.